The first-order chi connectivity index (χ1) is 14.6. The maximum Gasteiger partial charge on any atom is 0.173 e. The predicted octanol–water partition coefficient (Wildman–Crippen LogP) is 4.50. The van der Waals surface area contributed by atoms with Crippen molar-refractivity contribution in [2.24, 2.45) is 0 Å². The Balaban J connectivity index is 1.69. The fraction of sp³-hybridized carbons (Fsp3) is 0.304. The van der Waals surface area contributed by atoms with E-state index >= 15 is 0 Å². The number of nitrogens with one attached hydrogen (secondary N) is 1. The second kappa shape index (κ2) is 10.6. The second-order valence-electron chi connectivity index (χ2n) is 7.03. The van der Waals surface area contributed by atoms with Crippen LogP contribution >= 0.6 is 12.2 Å². The van der Waals surface area contributed by atoms with Crippen LogP contribution in [-0.4, -0.2) is 40.3 Å². The number of rotatable bonds is 9. The molecule has 0 aliphatic heterocycles. The van der Waals surface area contributed by atoms with E-state index < -0.39 is 0 Å². The molecule has 2 aromatic carbocycles. The van der Waals surface area contributed by atoms with E-state index in [0.717, 1.165) is 48.8 Å². The third-order valence-corrected chi connectivity index (χ3v) is 5.26. The van der Waals surface area contributed by atoms with E-state index in [9.17, 15) is 0 Å². The van der Waals surface area contributed by atoms with Crippen LogP contribution in [0.4, 0.5) is 5.69 Å². The number of ether oxygens (including phenoxy) is 2. The molecule has 6 nitrogen and oxygen atoms in total. The molecule has 0 radical (unpaired) electrons. The Morgan fingerprint density at radius 3 is 2.47 bits per heavy atom. The molecule has 0 aliphatic carbocycles. The number of aryl methyl sites for hydroxylation is 2. The van der Waals surface area contributed by atoms with Crippen molar-refractivity contribution < 1.29 is 9.47 Å². The van der Waals surface area contributed by atoms with Crippen LogP contribution in [0.1, 0.15) is 17.5 Å². The Hall–Kier alpha value is -3.06. The topological polar surface area (TPSA) is 51.5 Å². The van der Waals surface area contributed by atoms with Gasteiger partial charge in [-0.25, -0.2) is 4.98 Å². The van der Waals surface area contributed by atoms with Gasteiger partial charge in [0.2, 0.25) is 0 Å². The average Bonchev–Trinajstić information content (AvgIpc) is 3.28. The molecule has 0 atom stereocenters. The van der Waals surface area contributed by atoms with Gasteiger partial charge in [0.25, 0.3) is 0 Å². The van der Waals surface area contributed by atoms with Crippen LogP contribution in [0.3, 0.4) is 0 Å². The van der Waals surface area contributed by atoms with Gasteiger partial charge in [0, 0.05) is 37.7 Å². The van der Waals surface area contributed by atoms with Crippen LogP contribution in [0.2, 0.25) is 0 Å². The SMILES string of the molecule is COc1ccc(CN(CCCn2ccnc2)C(=S)Nc2ccc(OC)cc2C)cc1. The molecule has 0 saturated heterocycles. The van der Waals surface area contributed by atoms with Crippen LogP contribution in [0.25, 0.3) is 0 Å². The Labute approximate surface area is 183 Å². The normalized spacial score (nSPS) is 10.5. The van der Waals surface area contributed by atoms with Gasteiger partial charge in [0.15, 0.2) is 5.11 Å². The number of hydrogen-bond acceptors (Lipinski definition) is 4. The Bertz CT molecular complexity index is 942. The first-order valence-corrected chi connectivity index (χ1v) is 10.3. The van der Waals surface area contributed by atoms with Crippen molar-refractivity contribution in [3.05, 3.63) is 72.3 Å². The minimum Gasteiger partial charge on any atom is -0.497 e. The fourth-order valence-corrected chi connectivity index (χ4v) is 3.43. The number of methoxy groups -OCH3 is 2. The molecule has 0 saturated carbocycles. The zero-order chi connectivity index (χ0) is 21.3. The number of imidazole rings is 1. The molecular formula is C23H28N4O2S. The number of hydrogen-bond donors (Lipinski definition) is 1. The minimum absolute atomic E-state index is 0.699. The van der Waals surface area contributed by atoms with Crippen molar-refractivity contribution in [3.8, 4) is 11.5 Å². The predicted molar refractivity (Wildman–Crippen MR) is 124 cm³/mol. The lowest BCUT2D eigenvalue weighted by Crippen LogP contribution is -2.35. The highest BCUT2D eigenvalue weighted by Crippen LogP contribution is 2.22. The van der Waals surface area contributed by atoms with Crippen LogP contribution in [0, 0.1) is 6.92 Å². The summed E-state index contributed by atoms with van der Waals surface area (Å²) in [6.45, 7) is 4.48. The smallest absolute Gasteiger partial charge is 0.173 e. The monoisotopic (exact) mass is 424 g/mol. The standard InChI is InChI=1S/C23H28N4O2S/c1-18-15-21(29-3)9-10-22(18)25-23(30)27(13-4-12-26-14-11-24-17-26)16-19-5-7-20(28-2)8-6-19/h5-11,14-15,17H,4,12-13,16H2,1-3H3,(H,25,30). The van der Waals surface area contributed by atoms with Gasteiger partial charge in [0.1, 0.15) is 11.5 Å². The molecule has 0 bridgehead atoms. The van der Waals surface area contributed by atoms with Gasteiger partial charge in [-0.15, -0.1) is 0 Å². The van der Waals surface area contributed by atoms with Crippen LogP contribution in [0.15, 0.2) is 61.2 Å². The average molecular weight is 425 g/mol. The van der Waals surface area contributed by atoms with Gasteiger partial charge in [0.05, 0.1) is 20.5 Å². The van der Waals surface area contributed by atoms with E-state index in [1.165, 1.54) is 5.56 Å². The molecular weight excluding hydrogens is 396 g/mol. The highest BCUT2D eigenvalue weighted by atomic mass is 32.1. The molecule has 1 N–H and O–H groups in total. The third-order valence-electron chi connectivity index (χ3n) is 4.90. The summed E-state index contributed by atoms with van der Waals surface area (Å²) >= 11 is 5.78. The molecule has 0 unspecified atom stereocenters. The molecule has 1 aromatic heterocycles. The molecule has 0 spiro atoms. The first kappa shape index (κ1) is 21.6. The summed E-state index contributed by atoms with van der Waals surface area (Å²) in [5.41, 5.74) is 3.24. The summed E-state index contributed by atoms with van der Waals surface area (Å²) in [6.07, 6.45) is 6.57. The maximum absolute atomic E-state index is 5.78. The van der Waals surface area contributed by atoms with Gasteiger partial charge in [-0.2, -0.15) is 0 Å². The van der Waals surface area contributed by atoms with Gasteiger partial charge < -0.3 is 24.3 Å². The fourth-order valence-electron chi connectivity index (χ4n) is 3.16. The summed E-state index contributed by atoms with van der Waals surface area (Å²) in [5.74, 6) is 1.68. The number of aromatic nitrogens is 2. The third kappa shape index (κ3) is 5.97. The highest BCUT2D eigenvalue weighted by molar-refractivity contribution is 7.80. The zero-order valence-corrected chi connectivity index (χ0v) is 18.5. The van der Waals surface area contributed by atoms with Crippen LogP contribution in [0.5, 0.6) is 11.5 Å². The quantitative estimate of drug-likeness (QED) is 0.511. The molecule has 158 valence electrons. The molecule has 1 heterocycles. The van der Waals surface area contributed by atoms with E-state index in [4.69, 9.17) is 21.7 Å². The van der Waals surface area contributed by atoms with Gasteiger partial charge in [-0.3, -0.25) is 0 Å². The summed E-state index contributed by atoms with van der Waals surface area (Å²) < 4.78 is 12.6. The summed E-state index contributed by atoms with van der Waals surface area (Å²) in [4.78, 5) is 6.30. The summed E-state index contributed by atoms with van der Waals surface area (Å²) in [6, 6.07) is 14.0. The number of anilines is 1. The first-order valence-electron chi connectivity index (χ1n) is 9.88. The van der Waals surface area contributed by atoms with Crippen molar-refractivity contribution in [3.63, 3.8) is 0 Å². The van der Waals surface area contributed by atoms with Gasteiger partial charge >= 0.3 is 0 Å². The van der Waals surface area contributed by atoms with E-state index in [-0.39, 0.29) is 0 Å². The van der Waals surface area contributed by atoms with E-state index in [0.29, 0.717) is 5.11 Å². The molecule has 0 amide bonds. The molecule has 0 fully saturated rings. The van der Waals surface area contributed by atoms with Crippen molar-refractivity contribution in [1.82, 2.24) is 14.5 Å². The van der Waals surface area contributed by atoms with Crippen molar-refractivity contribution in [2.45, 2.75) is 26.4 Å². The summed E-state index contributed by atoms with van der Waals surface area (Å²) in [7, 11) is 3.34. The van der Waals surface area contributed by atoms with E-state index in [1.54, 1.807) is 20.4 Å². The molecule has 7 heteroatoms. The zero-order valence-electron chi connectivity index (χ0n) is 17.7. The second-order valence-corrected chi connectivity index (χ2v) is 7.42. The van der Waals surface area contributed by atoms with Gasteiger partial charge in [-0.1, -0.05) is 12.1 Å². The van der Waals surface area contributed by atoms with Crippen LogP contribution in [-0.2, 0) is 13.1 Å². The lowest BCUT2D eigenvalue weighted by molar-refractivity contribution is 0.394. The lowest BCUT2D eigenvalue weighted by Gasteiger charge is -2.27. The van der Waals surface area contributed by atoms with Crippen molar-refractivity contribution >= 4 is 23.0 Å². The lowest BCUT2D eigenvalue weighted by atomic mass is 10.2. The van der Waals surface area contributed by atoms with Crippen molar-refractivity contribution in [1.29, 1.82) is 0 Å². The Morgan fingerprint density at radius 1 is 1.10 bits per heavy atom. The van der Waals surface area contributed by atoms with Crippen molar-refractivity contribution in [2.75, 3.05) is 26.1 Å². The number of benzene rings is 2. The number of nitrogens with zero attached hydrogens (tertiary/aromatic N) is 3. The van der Waals surface area contributed by atoms with E-state index in [2.05, 4.69) is 31.9 Å². The Kier molecular flexibility index (Phi) is 7.68. The molecule has 3 aromatic rings. The molecule has 0 aliphatic rings. The summed E-state index contributed by atoms with van der Waals surface area (Å²) in [5, 5.41) is 4.10. The van der Waals surface area contributed by atoms with Crippen LogP contribution < -0.4 is 14.8 Å². The van der Waals surface area contributed by atoms with Gasteiger partial charge in [-0.05, 0) is 67.0 Å². The number of thiocarbonyl (C=S) groups is 1. The minimum atomic E-state index is 0.699. The van der Waals surface area contributed by atoms with E-state index in [1.807, 2.05) is 49.8 Å². The molecule has 3 rings (SSSR count). The maximum atomic E-state index is 5.78. The largest absolute Gasteiger partial charge is 0.497 e. The Morgan fingerprint density at radius 2 is 1.83 bits per heavy atom. The molecule has 30 heavy (non-hydrogen) atoms. The highest BCUT2D eigenvalue weighted by Gasteiger charge is 2.12.